The van der Waals surface area contributed by atoms with Crippen molar-refractivity contribution in [2.45, 2.75) is 6.61 Å². The van der Waals surface area contributed by atoms with Crippen molar-refractivity contribution in [3.05, 3.63) is 69.8 Å². The quantitative estimate of drug-likeness (QED) is 0.344. The van der Waals surface area contributed by atoms with Crippen LogP contribution >= 0.6 is 15.9 Å². The number of benzene rings is 2. The Kier molecular flexibility index (Phi) is 5.05. The maximum Gasteiger partial charge on any atom is 0.273 e. The van der Waals surface area contributed by atoms with Gasteiger partial charge >= 0.3 is 0 Å². The number of hydrogen-bond donors (Lipinski definition) is 0. The fourth-order valence-corrected chi connectivity index (χ4v) is 2.07. The highest BCUT2D eigenvalue weighted by atomic mass is 79.9. The van der Waals surface area contributed by atoms with E-state index >= 15 is 0 Å². The molecule has 6 heteroatoms. The van der Waals surface area contributed by atoms with Crippen LogP contribution in [0.5, 0.6) is 5.75 Å². The molecule has 2 aromatic rings. The third kappa shape index (κ3) is 4.13. The summed E-state index contributed by atoms with van der Waals surface area (Å²) in [6.07, 6.45) is 0. The van der Waals surface area contributed by atoms with Crippen molar-refractivity contribution < 1.29 is 14.5 Å². The second-order valence-corrected chi connectivity index (χ2v) is 4.86. The van der Waals surface area contributed by atoms with Crippen molar-refractivity contribution in [3.8, 4) is 5.75 Å². The van der Waals surface area contributed by atoms with E-state index in [-0.39, 0.29) is 29.0 Å². The minimum atomic E-state index is -0.541. The Bertz CT molecular complexity index is 658. The van der Waals surface area contributed by atoms with Crippen molar-refractivity contribution in [2.24, 2.45) is 0 Å². The summed E-state index contributed by atoms with van der Waals surface area (Å²) in [5, 5.41) is 11.0. The zero-order chi connectivity index (χ0) is 15.2. The van der Waals surface area contributed by atoms with E-state index in [4.69, 9.17) is 4.74 Å². The zero-order valence-electron chi connectivity index (χ0n) is 11.0. The first kappa shape index (κ1) is 15.2. The van der Waals surface area contributed by atoms with Gasteiger partial charge in [0.1, 0.15) is 12.4 Å². The van der Waals surface area contributed by atoms with Gasteiger partial charge in [-0.1, -0.05) is 46.3 Å². The monoisotopic (exact) mass is 349 g/mol. The molecule has 0 saturated heterocycles. The molecular weight excluding hydrogens is 338 g/mol. The number of non-ortho nitro benzene ring substituents is 1. The molecule has 0 spiro atoms. The van der Waals surface area contributed by atoms with Crippen molar-refractivity contribution in [1.82, 2.24) is 0 Å². The van der Waals surface area contributed by atoms with Gasteiger partial charge in [-0.25, -0.2) is 0 Å². The number of ether oxygens (including phenoxy) is 1. The molecule has 5 nitrogen and oxygen atoms in total. The molecule has 0 amide bonds. The van der Waals surface area contributed by atoms with Crippen molar-refractivity contribution >= 4 is 27.4 Å². The third-order valence-corrected chi connectivity index (χ3v) is 3.30. The lowest BCUT2D eigenvalue weighted by atomic mass is 10.1. The Balaban J connectivity index is 2.23. The van der Waals surface area contributed by atoms with Gasteiger partial charge in [0.2, 0.25) is 0 Å². The van der Waals surface area contributed by atoms with Crippen LogP contribution in [0.1, 0.15) is 15.9 Å². The van der Waals surface area contributed by atoms with Crippen LogP contribution in [0, 0.1) is 10.1 Å². The van der Waals surface area contributed by atoms with Crippen molar-refractivity contribution in [2.75, 3.05) is 5.33 Å². The number of ketones is 1. The first-order chi connectivity index (χ1) is 10.1. The van der Waals surface area contributed by atoms with Gasteiger partial charge < -0.3 is 4.74 Å². The van der Waals surface area contributed by atoms with Crippen LogP contribution in [-0.4, -0.2) is 16.0 Å². The van der Waals surface area contributed by atoms with Gasteiger partial charge in [-0.05, 0) is 11.6 Å². The lowest BCUT2D eigenvalue weighted by Crippen LogP contribution is -2.03. The van der Waals surface area contributed by atoms with E-state index in [2.05, 4.69) is 15.9 Å². The van der Waals surface area contributed by atoms with Crippen molar-refractivity contribution in [3.63, 3.8) is 0 Å². The van der Waals surface area contributed by atoms with Gasteiger partial charge in [-0.3, -0.25) is 14.9 Å². The molecule has 21 heavy (non-hydrogen) atoms. The predicted molar refractivity (Wildman–Crippen MR) is 82.0 cm³/mol. The normalized spacial score (nSPS) is 10.1. The fraction of sp³-hybridized carbons (Fsp3) is 0.133. The summed E-state index contributed by atoms with van der Waals surface area (Å²) < 4.78 is 5.55. The van der Waals surface area contributed by atoms with Gasteiger partial charge in [0, 0.05) is 11.6 Å². The second kappa shape index (κ2) is 6.99. The van der Waals surface area contributed by atoms with Crippen LogP contribution < -0.4 is 4.74 Å². The van der Waals surface area contributed by atoms with E-state index in [1.54, 1.807) is 0 Å². The molecule has 0 aliphatic rings. The van der Waals surface area contributed by atoms with Crippen LogP contribution in [-0.2, 0) is 6.61 Å². The molecule has 0 saturated carbocycles. The predicted octanol–water partition coefficient (Wildman–Crippen LogP) is 3.75. The number of rotatable bonds is 6. The number of carbonyl (C=O) groups is 1. The third-order valence-electron chi connectivity index (χ3n) is 2.79. The number of Topliss-reactive ketones (excluding diaryl/α,β-unsaturated/α-hetero) is 1. The van der Waals surface area contributed by atoms with Crippen molar-refractivity contribution in [1.29, 1.82) is 0 Å². The maximum atomic E-state index is 11.7. The molecule has 0 N–H and O–H groups in total. The molecule has 0 unspecified atom stereocenters. The molecule has 0 heterocycles. The number of nitrogens with zero attached hydrogens (tertiary/aromatic N) is 1. The minimum absolute atomic E-state index is 0.103. The van der Waals surface area contributed by atoms with E-state index in [0.29, 0.717) is 5.75 Å². The molecule has 2 aromatic carbocycles. The molecule has 0 bridgehead atoms. The van der Waals surface area contributed by atoms with Gasteiger partial charge in [0.15, 0.2) is 5.78 Å². The van der Waals surface area contributed by atoms with Gasteiger partial charge in [0.25, 0.3) is 5.69 Å². The molecule has 0 radical (unpaired) electrons. The summed E-state index contributed by atoms with van der Waals surface area (Å²) in [5.41, 5.74) is 1.03. The Morgan fingerprint density at radius 3 is 2.52 bits per heavy atom. The van der Waals surface area contributed by atoms with E-state index in [1.165, 1.54) is 18.2 Å². The summed E-state index contributed by atoms with van der Waals surface area (Å²) in [6, 6.07) is 13.5. The van der Waals surface area contributed by atoms with Crippen LogP contribution in [0.25, 0.3) is 0 Å². The second-order valence-electron chi connectivity index (χ2n) is 4.30. The fourth-order valence-electron chi connectivity index (χ4n) is 1.75. The first-order valence-corrected chi connectivity index (χ1v) is 7.27. The van der Waals surface area contributed by atoms with Crippen LogP contribution in [0.3, 0.4) is 0 Å². The highest BCUT2D eigenvalue weighted by molar-refractivity contribution is 9.09. The Morgan fingerprint density at radius 1 is 1.19 bits per heavy atom. The minimum Gasteiger partial charge on any atom is -0.489 e. The number of nitro groups is 1. The molecule has 0 atom stereocenters. The van der Waals surface area contributed by atoms with Crippen LogP contribution in [0.4, 0.5) is 5.69 Å². The van der Waals surface area contributed by atoms with E-state index in [0.717, 1.165) is 5.56 Å². The molecule has 2 rings (SSSR count). The number of hydrogen-bond acceptors (Lipinski definition) is 4. The lowest BCUT2D eigenvalue weighted by molar-refractivity contribution is -0.385. The van der Waals surface area contributed by atoms with Crippen LogP contribution in [0.15, 0.2) is 48.5 Å². The molecule has 108 valence electrons. The maximum absolute atomic E-state index is 11.7. The summed E-state index contributed by atoms with van der Waals surface area (Å²) in [6.45, 7) is 0.282. The smallest absolute Gasteiger partial charge is 0.273 e. The summed E-state index contributed by atoms with van der Waals surface area (Å²) in [7, 11) is 0. The number of halogens is 1. The Hall–Kier alpha value is -2.21. The SMILES string of the molecule is O=C(CBr)c1cc(OCc2ccccc2)cc([N+](=O)[O-])c1. The number of nitro benzene ring substituents is 1. The van der Waals surface area contributed by atoms with Crippen LogP contribution in [0.2, 0.25) is 0 Å². The van der Waals surface area contributed by atoms with E-state index in [1.807, 2.05) is 30.3 Å². The standard InChI is InChI=1S/C15H12BrNO4/c16-9-15(18)12-6-13(17(19)20)8-14(7-12)21-10-11-4-2-1-3-5-11/h1-8H,9-10H2. The zero-order valence-corrected chi connectivity index (χ0v) is 12.6. The average molecular weight is 350 g/mol. The first-order valence-electron chi connectivity index (χ1n) is 6.15. The molecular formula is C15H12BrNO4. The van der Waals surface area contributed by atoms with Gasteiger partial charge in [-0.15, -0.1) is 0 Å². The largest absolute Gasteiger partial charge is 0.489 e. The average Bonchev–Trinajstić information content (AvgIpc) is 2.52. The highest BCUT2D eigenvalue weighted by Gasteiger charge is 2.14. The summed E-state index contributed by atoms with van der Waals surface area (Å²) in [4.78, 5) is 22.1. The molecule has 0 fully saturated rings. The van der Waals surface area contributed by atoms with E-state index < -0.39 is 4.92 Å². The Labute approximate surface area is 129 Å². The Morgan fingerprint density at radius 2 is 1.90 bits per heavy atom. The summed E-state index contributed by atoms with van der Waals surface area (Å²) >= 11 is 3.05. The van der Waals surface area contributed by atoms with Gasteiger partial charge in [-0.2, -0.15) is 0 Å². The molecule has 0 aliphatic carbocycles. The number of alkyl halides is 1. The highest BCUT2D eigenvalue weighted by Crippen LogP contribution is 2.24. The van der Waals surface area contributed by atoms with E-state index in [9.17, 15) is 14.9 Å². The molecule has 0 aromatic heterocycles. The lowest BCUT2D eigenvalue weighted by Gasteiger charge is -2.08. The summed E-state index contributed by atoms with van der Waals surface area (Å²) in [5.74, 6) is 0.0700. The molecule has 0 aliphatic heterocycles. The van der Waals surface area contributed by atoms with Gasteiger partial charge in [0.05, 0.1) is 16.3 Å². The number of carbonyl (C=O) groups excluding carboxylic acids is 1. The topological polar surface area (TPSA) is 69.4 Å².